The van der Waals surface area contributed by atoms with Gasteiger partial charge in [0.2, 0.25) is 0 Å². The van der Waals surface area contributed by atoms with Gasteiger partial charge < -0.3 is 14.4 Å². The maximum atomic E-state index is 13.0. The summed E-state index contributed by atoms with van der Waals surface area (Å²) in [5.74, 6) is 1.29. The van der Waals surface area contributed by atoms with Gasteiger partial charge in [-0.25, -0.2) is 0 Å². The number of amides is 1. The Bertz CT molecular complexity index is 1100. The third-order valence-electron chi connectivity index (χ3n) is 8.00. The van der Waals surface area contributed by atoms with E-state index in [-0.39, 0.29) is 24.4 Å². The summed E-state index contributed by atoms with van der Waals surface area (Å²) >= 11 is 0. The van der Waals surface area contributed by atoms with Crippen molar-refractivity contribution in [1.29, 1.82) is 0 Å². The van der Waals surface area contributed by atoms with Crippen LogP contribution in [0.4, 0.5) is 0 Å². The minimum absolute atomic E-state index is 0.0154. The molecule has 4 aliphatic rings. The van der Waals surface area contributed by atoms with Gasteiger partial charge in [0.15, 0.2) is 0 Å². The number of rotatable bonds is 4. The molecule has 1 saturated carbocycles. The van der Waals surface area contributed by atoms with Crippen LogP contribution >= 0.6 is 0 Å². The fourth-order valence-corrected chi connectivity index (χ4v) is 5.73. The van der Waals surface area contributed by atoms with Crippen LogP contribution < -0.4 is 9.47 Å². The third kappa shape index (κ3) is 4.31. The molecule has 6 nitrogen and oxygen atoms in total. The Balaban J connectivity index is 1.04. The maximum absolute atomic E-state index is 13.0. The van der Waals surface area contributed by atoms with Crippen LogP contribution in [0.15, 0.2) is 36.4 Å². The first-order valence-corrected chi connectivity index (χ1v) is 12.8. The first-order valence-electron chi connectivity index (χ1n) is 12.8. The van der Waals surface area contributed by atoms with Gasteiger partial charge in [-0.05, 0) is 67.1 Å². The van der Waals surface area contributed by atoms with Crippen LogP contribution in [-0.4, -0.2) is 60.0 Å². The van der Waals surface area contributed by atoms with Gasteiger partial charge in [0.25, 0.3) is 5.91 Å². The number of nitrogens with zero attached hydrogens (tertiary/aromatic N) is 2. The molecule has 2 aromatic rings. The first kappa shape index (κ1) is 21.7. The van der Waals surface area contributed by atoms with Gasteiger partial charge in [-0.15, -0.1) is 0 Å². The Morgan fingerprint density at radius 1 is 0.882 bits per heavy atom. The Kier molecular flexibility index (Phi) is 5.77. The number of esters is 1. The highest BCUT2D eigenvalue weighted by Gasteiger charge is 2.28. The zero-order chi connectivity index (χ0) is 23.1. The molecule has 2 aromatic carbocycles. The fourth-order valence-electron chi connectivity index (χ4n) is 5.73. The summed E-state index contributed by atoms with van der Waals surface area (Å²) in [6.07, 6.45) is 8.38. The van der Waals surface area contributed by atoms with Crippen molar-refractivity contribution in [2.45, 2.75) is 63.5 Å². The Morgan fingerprint density at radius 2 is 1.68 bits per heavy atom. The largest absolute Gasteiger partial charge is 0.490 e. The Hall–Kier alpha value is -2.86. The summed E-state index contributed by atoms with van der Waals surface area (Å²) in [5.41, 5.74) is 4.33. The highest BCUT2D eigenvalue weighted by molar-refractivity contribution is 5.95. The molecule has 0 N–H and O–H groups in total. The molecule has 0 radical (unpaired) electrons. The van der Waals surface area contributed by atoms with E-state index >= 15 is 0 Å². The molecule has 0 aromatic heterocycles. The van der Waals surface area contributed by atoms with Crippen LogP contribution in [0.1, 0.15) is 59.2 Å². The topological polar surface area (TPSA) is 59.1 Å². The number of benzene rings is 2. The van der Waals surface area contributed by atoms with E-state index in [2.05, 4.69) is 23.1 Å². The standard InChI is InChI=1S/C28H32N2O4/c31-27-18-22-16-21(5-7-26(22)34-27)28(32)30-14-10-24(11-15-30)33-25-6-4-19-8-12-29(23-2-1-3-23)13-9-20(19)17-25/h4-7,16-17,23-24H,1-3,8-15,18H2. The molecule has 2 fully saturated rings. The highest BCUT2D eigenvalue weighted by Crippen LogP contribution is 2.30. The van der Waals surface area contributed by atoms with E-state index in [1.165, 1.54) is 36.9 Å². The number of hydrogen-bond acceptors (Lipinski definition) is 5. The molecule has 6 heteroatoms. The summed E-state index contributed by atoms with van der Waals surface area (Å²) in [6, 6.07) is 12.7. The van der Waals surface area contributed by atoms with E-state index in [1.54, 1.807) is 18.2 Å². The molecule has 3 aliphatic heterocycles. The van der Waals surface area contributed by atoms with Crippen LogP contribution in [0.25, 0.3) is 0 Å². The number of ether oxygens (including phenoxy) is 2. The van der Waals surface area contributed by atoms with Gasteiger partial charge in [-0.3, -0.25) is 14.5 Å². The van der Waals surface area contributed by atoms with Crippen molar-refractivity contribution in [3.05, 3.63) is 58.7 Å². The number of piperidine rings is 1. The zero-order valence-corrected chi connectivity index (χ0v) is 19.6. The van der Waals surface area contributed by atoms with Crippen molar-refractivity contribution >= 4 is 11.9 Å². The molecular weight excluding hydrogens is 428 g/mol. The summed E-state index contributed by atoms with van der Waals surface area (Å²) in [5, 5.41) is 0. The van der Waals surface area contributed by atoms with Crippen LogP contribution in [0.5, 0.6) is 11.5 Å². The third-order valence-corrected chi connectivity index (χ3v) is 8.00. The van der Waals surface area contributed by atoms with E-state index in [1.807, 2.05) is 4.90 Å². The highest BCUT2D eigenvalue weighted by atomic mass is 16.5. The predicted octanol–water partition coefficient (Wildman–Crippen LogP) is 3.78. The van der Waals surface area contributed by atoms with Crippen molar-refractivity contribution in [3.63, 3.8) is 0 Å². The van der Waals surface area contributed by atoms with Crippen molar-refractivity contribution in [1.82, 2.24) is 9.80 Å². The lowest BCUT2D eigenvalue weighted by Crippen LogP contribution is -2.41. The lowest BCUT2D eigenvalue weighted by Gasteiger charge is -2.36. The molecule has 1 saturated heterocycles. The molecule has 0 bridgehead atoms. The lowest BCUT2D eigenvalue weighted by atomic mass is 9.91. The fraction of sp³-hybridized carbons (Fsp3) is 0.500. The smallest absolute Gasteiger partial charge is 0.315 e. The number of hydrogen-bond donors (Lipinski definition) is 0. The van der Waals surface area contributed by atoms with Crippen LogP contribution in [0, 0.1) is 0 Å². The molecule has 1 aliphatic carbocycles. The first-order chi connectivity index (χ1) is 16.6. The molecule has 1 amide bonds. The monoisotopic (exact) mass is 460 g/mol. The molecule has 34 heavy (non-hydrogen) atoms. The van der Waals surface area contributed by atoms with E-state index < -0.39 is 0 Å². The minimum atomic E-state index is -0.258. The predicted molar refractivity (Wildman–Crippen MR) is 128 cm³/mol. The Morgan fingerprint density at radius 3 is 2.44 bits per heavy atom. The van der Waals surface area contributed by atoms with Crippen molar-refractivity contribution in [2.75, 3.05) is 26.2 Å². The Labute approximate surface area is 200 Å². The zero-order valence-electron chi connectivity index (χ0n) is 19.6. The van der Waals surface area contributed by atoms with E-state index in [9.17, 15) is 9.59 Å². The van der Waals surface area contributed by atoms with Gasteiger partial charge in [0.1, 0.15) is 17.6 Å². The molecule has 0 atom stereocenters. The lowest BCUT2D eigenvalue weighted by molar-refractivity contribution is -0.131. The van der Waals surface area contributed by atoms with Gasteiger partial charge in [-0.2, -0.15) is 0 Å². The molecule has 178 valence electrons. The van der Waals surface area contributed by atoms with Gasteiger partial charge >= 0.3 is 5.97 Å². The number of carbonyl (C=O) groups excluding carboxylic acids is 2. The molecule has 6 rings (SSSR count). The van der Waals surface area contributed by atoms with E-state index in [4.69, 9.17) is 9.47 Å². The molecular formula is C28H32N2O4. The average molecular weight is 461 g/mol. The van der Waals surface area contributed by atoms with Crippen LogP contribution in [-0.2, 0) is 24.1 Å². The SMILES string of the molecule is O=C1Cc2cc(C(=O)N3CCC(Oc4ccc5c(c4)CCN(C4CCC4)CC5)CC3)ccc2O1. The second-order valence-corrected chi connectivity index (χ2v) is 10.1. The number of carbonyl (C=O) groups is 2. The summed E-state index contributed by atoms with van der Waals surface area (Å²) in [4.78, 5) is 29.1. The maximum Gasteiger partial charge on any atom is 0.315 e. The molecule has 0 spiro atoms. The van der Waals surface area contributed by atoms with Crippen molar-refractivity contribution < 1.29 is 19.1 Å². The second-order valence-electron chi connectivity index (χ2n) is 10.1. The van der Waals surface area contributed by atoms with Gasteiger partial charge in [0, 0.05) is 56.2 Å². The summed E-state index contributed by atoms with van der Waals surface area (Å²) in [6.45, 7) is 3.69. The second kappa shape index (κ2) is 9.06. The molecule has 3 heterocycles. The van der Waals surface area contributed by atoms with Gasteiger partial charge in [0.05, 0.1) is 6.42 Å². The summed E-state index contributed by atoms with van der Waals surface area (Å²) in [7, 11) is 0. The number of fused-ring (bicyclic) bond motifs is 2. The normalized spacial score (nSPS) is 21.3. The van der Waals surface area contributed by atoms with Crippen LogP contribution in [0.2, 0.25) is 0 Å². The van der Waals surface area contributed by atoms with Gasteiger partial charge in [-0.1, -0.05) is 12.5 Å². The molecule has 0 unspecified atom stereocenters. The number of likely N-dealkylation sites (tertiary alicyclic amines) is 1. The minimum Gasteiger partial charge on any atom is -0.490 e. The van der Waals surface area contributed by atoms with E-state index in [0.717, 1.165) is 49.6 Å². The average Bonchev–Trinajstić information content (AvgIpc) is 3.07. The van der Waals surface area contributed by atoms with Crippen molar-refractivity contribution in [3.8, 4) is 11.5 Å². The van der Waals surface area contributed by atoms with Crippen LogP contribution in [0.3, 0.4) is 0 Å². The van der Waals surface area contributed by atoms with E-state index in [0.29, 0.717) is 24.4 Å². The summed E-state index contributed by atoms with van der Waals surface area (Å²) < 4.78 is 11.5. The van der Waals surface area contributed by atoms with Crippen molar-refractivity contribution in [2.24, 2.45) is 0 Å². The quantitative estimate of drug-likeness (QED) is 0.513.